The van der Waals surface area contributed by atoms with E-state index in [-0.39, 0.29) is 18.0 Å². The summed E-state index contributed by atoms with van der Waals surface area (Å²) in [6.07, 6.45) is -0.141. The van der Waals surface area contributed by atoms with E-state index in [4.69, 9.17) is 4.74 Å². The lowest BCUT2D eigenvalue weighted by Gasteiger charge is -2.20. The van der Waals surface area contributed by atoms with Crippen LogP contribution in [-0.4, -0.2) is 42.6 Å². The Balaban J connectivity index is 1.52. The van der Waals surface area contributed by atoms with Gasteiger partial charge in [-0.1, -0.05) is 30.3 Å². The van der Waals surface area contributed by atoms with Gasteiger partial charge >= 0.3 is 0 Å². The minimum absolute atomic E-state index is 0.0867. The first-order valence-electron chi connectivity index (χ1n) is 10.3. The average molecular weight is 442 g/mol. The molecule has 0 fully saturated rings. The first-order chi connectivity index (χ1) is 14.8. The Hall–Kier alpha value is -2.84. The van der Waals surface area contributed by atoms with Crippen molar-refractivity contribution >= 4 is 15.7 Å². The van der Waals surface area contributed by atoms with E-state index in [2.05, 4.69) is 5.10 Å². The maximum atomic E-state index is 13.5. The summed E-state index contributed by atoms with van der Waals surface area (Å²) >= 11 is 0. The highest BCUT2D eigenvalue weighted by atomic mass is 32.2. The van der Waals surface area contributed by atoms with Gasteiger partial charge in [0, 0.05) is 6.54 Å². The zero-order valence-electron chi connectivity index (χ0n) is 17.9. The van der Waals surface area contributed by atoms with Crippen LogP contribution < -0.4 is 9.04 Å². The number of nitrogens with zero attached hydrogens (tertiary/aromatic N) is 3. The van der Waals surface area contributed by atoms with Gasteiger partial charge in [-0.15, -0.1) is 0 Å². The Bertz CT molecular complexity index is 1200. The first-order valence-corrected chi connectivity index (χ1v) is 11.7. The minimum atomic E-state index is -3.75. The Kier molecular flexibility index (Phi) is 5.77. The number of hydrogen-bond acceptors (Lipinski definition) is 5. The van der Waals surface area contributed by atoms with Gasteiger partial charge in [0.05, 0.1) is 23.6 Å². The van der Waals surface area contributed by atoms with Crippen molar-refractivity contribution < 1.29 is 18.3 Å². The molecule has 1 N–H and O–H groups in total. The van der Waals surface area contributed by atoms with Gasteiger partial charge in [-0.05, 0) is 56.5 Å². The maximum Gasteiger partial charge on any atom is 0.268 e. The number of fused-ring (bicyclic) bond motifs is 1. The molecule has 4 rings (SSSR count). The minimum Gasteiger partial charge on any atom is -0.491 e. The lowest BCUT2D eigenvalue weighted by molar-refractivity contribution is 0.0886. The summed E-state index contributed by atoms with van der Waals surface area (Å²) in [6, 6.07) is 15.2. The van der Waals surface area contributed by atoms with Crippen LogP contribution >= 0.6 is 0 Å². The van der Waals surface area contributed by atoms with Gasteiger partial charge in [-0.3, -0.25) is 8.99 Å². The van der Waals surface area contributed by atoms with Crippen LogP contribution in [0.4, 0.5) is 5.69 Å². The summed E-state index contributed by atoms with van der Waals surface area (Å²) in [5, 5.41) is 14.9. The lowest BCUT2D eigenvalue weighted by Crippen LogP contribution is -2.30. The number of rotatable bonds is 7. The SMILES string of the molecule is Cc1cccc(OCC(O)Cn2nc(C)c(S(=O)(=O)N3CCc4ccccc43)c2C)c1. The molecule has 1 unspecified atom stereocenters. The van der Waals surface area contributed by atoms with E-state index < -0.39 is 16.1 Å². The monoisotopic (exact) mass is 441 g/mol. The largest absolute Gasteiger partial charge is 0.491 e. The van der Waals surface area contributed by atoms with Crippen LogP contribution in [0.25, 0.3) is 0 Å². The zero-order valence-corrected chi connectivity index (χ0v) is 18.8. The van der Waals surface area contributed by atoms with Gasteiger partial charge < -0.3 is 9.84 Å². The summed E-state index contributed by atoms with van der Waals surface area (Å²) in [5.74, 6) is 0.684. The molecular formula is C23H27N3O4S. The number of aliphatic hydroxyl groups is 1. The van der Waals surface area contributed by atoms with Crippen molar-refractivity contribution in [1.29, 1.82) is 0 Å². The molecule has 0 saturated carbocycles. The highest BCUT2D eigenvalue weighted by Crippen LogP contribution is 2.34. The Labute approximate surface area is 182 Å². The lowest BCUT2D eigenvalue weighted by atomic mass is 10.2. The van der Waals surface area contributed by atoms with E-state index in [1.165, 1.54) is 4.31 Å². The Morgan fingerprint density at radius 3 is 2.68 bits per heavy atom. The van der Waals surface area contributed by atoms with Crippen LogP contribution in [0.5, 0.6) is 5.75 Å². The third-order valence-electron chi connectivity index (χ3n) is 5.52. The molecule has 1 aromatic heterocycles. The quantitative estimate of drug-likeness (QED) is 0.609. The van der Waals surface area contributed by atoms with E-state index in [0.717, 1.165) is 16.8 Å². The molecule has 1 aliphatic heterocycles. The van der Waals surface area contributed by atoms with Crippen molar-refractivity contribution in [3.63, 3.8) is 0 Å². The fraction of sp³-hybridized carbons (Fsp3) is 0.348. The topological polar surface area (TPSA) is 84.7 Å². The normalized spacial score (nSPS) is 14.5. The van der Waals surface area contributed by atoms with Crippen molar-refractivity contribution in [3.05, 3.63) is 71.0 Å². The van der Waals surface area contributed by atoms with Gasteiger partial charge in [-0.2, -0.15) is 5.10 Å². The van der Waals surface area contributed by atoms with Crippen LogP contribution in [0.15, 0.2) is 53.4 Å². The molecule has 0 bridgehead atoms. The van der Waals surface area contributed by atoms with Gasteiger partial charge in [0.1, 0.15) is 23.4 Å². The zero-order chi connectivity index (χ0) is 22.2. The molecule has 0 radical (unpaired) electrons. The number of anilines is 1. The second-order valence-corrected chi connectivity index (χ2v) is 9.72. The third kappa shape index (κ3) is 4.18. The van der Waals surface area contributed by atoms with Gasteiger partial charge in [0.2, 0.25) is 0 Å². The molecule has 0 amide bonds. The van der Waals surface area contributed by atoms with Gasteiger partial charge in [0.15, 0.2) is 0 Å². The van der Waals surface area contributed by atoms with Crippen molar-refractivity contribution in [2.75, 3.05) is 17.5 Å². The molecule has 164 valence electrons. The van der Waals surface area contributed by atoms with E-state index in [1.54, 1.807) is 18.5 Å². The smallest absolute Gasteiger partial charge is 0.268 e. The van der Waals surface area contributed by atoms with Crippen LogP contribution in [-0.2, 0) is 23.0 Å². The molecule has 0 saturated heterocycles. The van der Waals surface area contributed by atoms with Crippen molar-refractivity contribution in [2.45, 2.75) is 44.7 Å². The van der Waals surface area contributed by atoms with Crippen LogP contribution in [0.3, 0.4) is 0 Å². The maximum absolute atomic E-state index is 13.5. The van der Waals surface area contributed by atoms with Crippen LogP contribution in [0, 0.1) is 20.8 Å². The predicted octanol–water partition coefficient (Wildman–Crippen LogP) is 3.00. The Morgan fingerprint density at radius 2 is 1.90 bits per heavy atom. The molecule has 2 aromatic carbocycles. The van der Waals surface area contributed by atoms with Crippen LogP contribution in [0.1, 0.15) is 22.5 Å². The number of hydrogen-bond donors (Lipinski definition) is 1. The number of ether oxygens (including phenoxy) is 1. The van der Waals surface area contributed by atoms with E-state index in [9.17, 15) is 13.5 Å². The molecule has 1 aliphatic rings. The molecule has 1 atom stereocenters. The number of aromatic nitrogens is 2. The van der Waals surface area contributed by atoms with Gasteiger partial charge in [-0.25, -0.2) is 8.42 Å². The van der Waals surface area contributed by atoms with E-state index >= 15 is 0 Å². The van der Waals surface area contributed by atoms with E-state index in [0.29, 0.717) is 30.1 Å². The van der Waals surface area contributed by atoms with Crippen LogP contribution in [0.2, 0.25) is 0 Å². The van der Waals surface area contributed by atoms with Gasteiger partial charge in [0.25, 0.3) is 10.0 Å². The highest BCUT2D eigenvalue weighted by Gasteiger charge is 2.35. The molecule has 2 heterocycles. The molecule has 0 aliphatic carbocycles. The molecule has 8 heteroatoms. The van der Waals surface area contributed by atoms with Crippen molar-refractivity contribution in [3.8, 4) is 5.75 Å². The summed E-state index contributed by atoms with van der Waals surface area (Å²) in [4.78, 5) is 0.205. The number of para-hydroxylation sites is 1. The van der Waals surface area contributed by atoms with Crippen molar-refractivity contribution in [2.24, 2.45) is 0 Å². The third-order valence-corrected chi connectivity index (χ3v) is 7.59. The summed E-state index contributed by atoms with van der Waals surface area (Å²) < 4.78 is 35.6. The Morgan fingerprint density at radius 1 is 1.13 bits per heavy atom. The second kappa shape index (κ2) is 8.36. The van der Waals surface area contributed by atoms with Crippen molar-refractivity contribution in [1.82, 2.24) is 9.78 Å². The number of sulfonamides is 1. The second-order valence-electron chi connectivity index (χ2n) is 7.92. The average Bonchev–Trinajstić information content (AvgIpc) is 3.28. The molecule has 31 heavy (non-hydrogen) atoms. The number of aliphatic hydroxyl groups excluding tert-OH is 1. The standard InChI is InChI=1S/C23H27N3O4S/c1-16-7-6-9-21(13-16)30-15-20(27)14-25-18(3)23(17(2)24-25)31(28,29)26-12-11-19-8-4-5-10-22(19)26/h4-10,13,20,27H,11-12,14-15H2,1-3H3. The molecule has 3 aromatic rings. The molecular weight excluding hydrogens is 414 g/mol. The predicted molar refractivity (Wildman–Crippen MR) is 119 cm³/mol. The summed E-state index contributed by atoms with van der Waals surface area (Å²) in [7, 11) is -3.75. The van der Waals surface area contributed by atoms with E-state index in [1.807, 2.05) is 55.5 Å². The fourth-order valence-electron chi connectivity index (χ4n) is 4.05. The number of benzene rings is 2. The molecule has 7 nitrogen and oxygen atoms in total. The fourth-order valence-corrected chi connectivity index (χ4v) is 5.93. The highest BCUT2D eigenvalue weighted by molar-refractivity contribution is 7.93. The summed E-state index contributed by atoms with van der Waals surface area (Å²) in [5.41, 5.74) is 3.76. The first kappa shape index (κ1) is 21.4. The summed E-state index contributed by atoms with van der Waals surface area (Å²) in [6.45, 7) is 6.03. The molecule has 0 spiro atoms. The number of aryl methyl sites for hydroxylation is 2.